The van der Waals surface area contributed by atoms with Crippen molar-refractivity contribution in [2.24, 2.45) is 5.92 Å². The van der Waals surface area contributed by atoms with Crippen LogP contribution >= 0.6 is 0 Å². The number of hydrogen-bond acceptors (Lipinski definition) is 1. The molecule has 0 aliphatic heterocycles. The van der Waals surface area contributed by atoms with E-state index >= 15 is 0 Å². The molecule has 102 valence electrons. The molecule has 0 aliphatic rings. The average molecular weight is 264 g/mol. The van der Waals surface area contributed by atoms with Crippen LogP contribution in [0, 0.1) is 12.8 Å². The largest absolute Gasteiger partial charge is 0.348 e. The summed E-state index contributed by atoms with van der Waals surface area (Å²) in [5, 5.41) is 2.61. The van der Waals surface area contributed by atoms with Gasteiger partial charge in [-0.25, -0.2) is 4.98 Å². The van der Waals surface area contributed by atoms with Crippen LogP contribution in [-0.2, 0) is 0 Å². The first-order chi connectivity index (χ1) is 9.65. The molecule has 1 unspecified atom stereocenters. The molecular formula is C18H20N2. The van der Waals surface area contributed by atoms with Gasteiger partial charge in [0, 0.05) is 17.8 Å². The molecule has 2 nitrogen and oxygen atoms in total. The Kier molecular flexibility index (Phi) is 3.31. The van der Waals surface area contributed by atoms with Gasteiger partial charge >= 0.3 is 0 Å². The third-order valence-corrected chi connectivity index (χ3v) is 3.90. The van der Waals surface area contributed by atoms with Gasteiger partial charge in [0.25, 0.3) is 0 Å². The minimum absolute atomic E-state index is 0.364. The van der Waals surface area contributed by atoms with Crippen LogP contribution in [0.15, 0.2) is 48.9 Å². The molecule has 0 amide bonds. The van der Waals surface area contributed by atoms with Gasteiger partial charge in [0.1, 0.15) is 0 Å². The first-order valence-corrected chi connectivity index (χ1v) is 7.14. The molecule has 1 atom stereocenters. The number of H-pyrrole nitrogens is 1. The summed E-state index contributed by atoms with van der Waals surface area (Å²) in [6.07, 6.45) is 3.69. The molecule has 0 spiro atoms. The summed E-state index contributed by atoms with van der Waals surface area (Å²) in [5.74, 6) is 0.890. The van der Waals surface area contributed by atoms with Crippen molar-refractivity contribution in [1.29, 1.82) is 0 Å². The van der Waals surface area contributed by atoms with E-state index in [0.29, 0.717) is 11.8 Å². The van der Waals surface area contributed by atoms with Crippen LogP contribution in [0.25, 0.3) is 10.8 Å². The molecule has 0 fully saturated rings. The monoisotopic (exact) mass is 264 g/mol. The molecule has 1 heterocycles. The van der Waals surface area contributed by atoms with E-state index in [4.69, 9.17) is 0 Å². The van der Waals surface area contributed by atoms with Crippen LogP contribution in [-0.4, -0.2) is 9.97 Å². The standard InChI is InChI=1S/C18H20N2/c1-12(2)18(17-10-19-11-20-17)16-7-6-14-8-13(3)4-5-15(14)9-16/h4-12,18H,1-3H3,(H,19,20). The van der Waals surface area contributed by atoms with Crippen molar-refractivity contribution in [3.05, 3.63) is 65.7 Å². The number of imidazole rings is 1. The molecule has 0 radical (unpaired) electrons. The minimum atomic E-state index is 0.364. The Morgan fingerprint density at radius 1 is 1.00 bits per heavy atom. The van der Waals surface area contributed by atoms with Gasteiger partial charge in [-0.05, 0) is 29.2 Å². The van der Waals surface area contributed by atoms with Crippen molar-refractivity contribution in [3.8, 4) is 0 Å². The third kappa shape index (κ3) is 2.34. The summed E-state index contributed by atoms with van der Waals surface area (Å²) >= 11 is 0. The number of hydrogen-bond donors (Lipinski definition) is 1. The van der Waals surface area contributed by atoms with Crippen molar-refractivity contribution >= 4 is 10.8 Å². The van der Waals surface area contributed by atoms with Gasteiger partial charge in [0.05, 0.1) is 6.33 Å². The first-order valence-electron chi connectivity index (χ1n) is 7.14. The second-order valence-electron chi connectivity index (χ2n) is 5.84. The first kappa shape index (κ1) is 12.9. The van der Waals surface area contributed by atoms with Crippen molar-refractivity contribution < 1.29 is 0 Å². The fourth-order valence-corrected chi connectivity index (χ4v) is 2.94. The summed E-state index contributed by atoms with van der Waals surface area (Å²) < 4.78 is 0. The number of benzene rings is 2. The van der Waals surface area contributed by atoms with Crippen molar-refractivity contribution in [2.45, 2.75) is 26.7 Å². The predicted molar refractivity (Wildman–Crippen MR) is 84.0 cm³/mol. The summed E-state index contributed by atoms with van der Waals surface area (Å²) in [7, 11) is 0. The van der Waals surface area contributed by atoms with Crippen molar-refractivity contribution in [3.63, 3.8) is 0 Å². The molecule has 2 aromatic carbocycles. The van der Waals surface area contributed by atoms with Gasteiger partial charge in [0.15, 0.2) is 0 Å². The van der Waals surface area contributed by atoms with Crippen LogP contribution in [0.2, 0.25) is 0 Å². The average Bonchev–Trinajstić information content (AvgIpc) is 2.92. The van der Waals surface area contributed by atoms with E-state index in [0.717, 1.165) is 0 Å². The predicted octanol–water partition coefficient (Wildman–Crippen LogP) is 4.66. The Morgan fingerprint density at radius 3 is 2.45 bits per heavy atom. The van der Waals surface area contributed by atoms with E-state index in [9.17, 15) is 0 Å². The highest BCUT2D eigenvalue weighted by molar-refractivity contribution is 5.84. The van der Waals surface area contributed by atoms with Crippen LogP contribution in [0.1, 0.15) is 36.6 Å². The van der Waals surface area contributed by atoms with Gasteiger partial charge in [-0.1, -0.05) is 55.8 Å². The molecule has 0 aliphatic carbocycles. The molecule has 0 saturated heterocycles. The Hall–Kier alpha value is -2.09. The van der Waals surface area contributed by atoms with Gasteiger partial charge in [-0.3, -0.25) is 0 Å². The Morgan fingerprint density at radius 2 is 1.75 bits per heavy atom. The number of nitrogens with zero attached hydrogens (tertiary/aromatic N) is 1. The quantitative estimate of drug-likeness (QED) is 0.732. The van der Waals surface area contributed by atoms with Crippen molar-refractivity contribution in [2.75, 3.05) is 0 Å². The normalized spacial score (nSPS) is 13.0. The lowest BCUT2D eigenvalue weighted by Crippen LogP contribution is -2.09. The number of aryl methyl sites for hydroxylation is 1. The molecule has 1 N–H and O–H groups in total. The zero-order valence-electron chi connectivity index (χ0n) is 12.2. The summed E-state index contributed by atoms with van der Waals surface area (Å²) in [6, 6.07) is 13.4. The lowest BCUT2D eigenvalue weighted by atomic mass is 9.85. The Bertz CT molecular complexity index is 711. The Balaban J connectivity index is 2.10. The molecular weight excluding hydrogens is 244 g/mol. The summed E-state index contributed by atoms with van der Waals surface area (Å²) in [4.78, 5) is 7.43. The second-order valence-corrected chi connectivity index (χ2v) is 5.84. The highest BCUT2D eigenvalue weighted by atomic mass is 14.9. The maximum absolute atomic E-state index is 4.17. The van der Waals surface area contributed by atoms with E-state index in [1.807, 2.05) is 6.20 Å². The smallest absolute Gasteiger partial charge is 0.0921 e. The van der Waals surface area contributed by atoms with Crippen LogP contribution in [0.4, 0.5) is 0 Å². The Labute approximate surface area is 119 Å². The summed E-state index contributed by atoms with van der Waals surface area (Å²) in [6.45, 7) is 6.64. The maximum atomic E-state index is 4.17. The van der Waals surface area contributed by atoms with Gasteiger partial charge in [0.2, 0.25) is 0 Å². The van der Waals surface area contributed by atoms with Crippen LogP contribution in [0.3, 0.4) is 0 Å². The van der Waals surface area contributed by atoms with E-state index in [2.05, 4.69) is 67.1 Å². The molecule has 0 saturated carbocycles. The lowest BCUT2D eigenvalue weighted by Gasteiger charge is -2.20. The minimum Gasteiger partial charge on any atom is -0.348 e. The number of rotatable bonds is 3. The molecule has 20 heavy (non-hydrogen) atoms. The molecule has 3 aromatic rings. The van der Waals surface area contributed by atoms with E-state index in [1.165, 1.54) is 27.6 Å². The SMILES string of the molecule is Cc1ccc2cc(C(c3cnc[nH]3)C(C)C)ccc2c1. The van der Waals surface area contributed by atoms with E-state index < -0.39 is 0 Å². The summed E-state index contributed by atoms with van der Waals surface area (Å²) in [5.41, 5.74) is 3.84. The number of aromatic amines is 1. The highest BCUT2D eigenvalue weighted by Gasteiger charge is 2.19. The zero-order chi connectivity index (χ0) is 14.1. The lowest BCUT2D eigenvalue weighted by molar-refractivity contribution is 0.554. The fourth-order valence-electron chi connectivity index (χ4n) is 2.94. The zero-order valence-corrected chi connectivity index (χ0v) is 12.2. The molecule has 0 bridgehead atoms. The fraction of sp³-hybridized carbons (Fsp3) is 0.278. The second kappa shape index (κ2) is 5.12. The van der Waals surface area contributed by atoms with Crippen molar-refractivity contribution in [1.82, 2.24) is 9.97 Å². The van der Waals surface area contributed by atoms with Gasteiger partial charge in [-0.15, -0.1) is 0 Å². The van der Waals surface area contributed by atoms with E-state index in [1.54, 1.807) is 6.33 Å². The maximum Gasteiger partial charge on any atom is 0.0921 e. The van der Waals surface area contributed by atoms with Gasteiger partial charge < -0.3 is 4.98 Å². The number of fused-ring (bicyclic) bond motifs is 1. The van der Waals surface area contributed by atoms with E-state index in [-0.39, 0.29) is 0 Å². The molecule has 1 aromatic heterocycles. The van der Waals surface area contributed by atoms with Crippen LogP contribution in [0.5, 0.6) is 0 Å². The molecule has 2 heteroatoms. The molecule has 3 rings (SSSR count). The van der Waals surface area contributed by atoms with Crippen LogP contribution < -0.4 is 0 Å². The number of nitrogens with one attached hydrogen (secondary N) is 1. The number of aromatic nitrogens is 2. The third-order valence-electron chi connectivity index (χ3n) is 3.90. The topological polar surface area (TPSA) is 28.7 Å². The highest BCUT2D eigenvalue weighted by Crippen LogP contribution is 2.32. The van der Waals surface area contributed by atoms with Gasteiger partial charge in [-0.2, -0.15) is 0 Å².